The van der Waals surface area contributed by atoms with Crippen molar-refractivity contribution in [2.45, 2.75) is 212 Å². The van der Waals surface area contributed by atoms with Crippen molar-refractivity contribution in [1.82, 2.24) is 0 Å². The average Bonchev–Trinajstić information content (AvgIpc) is 3.26. The van der Waals surface area contributed by atoms with Crippen LogP contribution in [0, 0.1) is 0 Å². The van der Waals surface area contributed by atoms with Gasteiger partial charge in [-0.1, -0.05) is 182 Å². The second-order valence-electron chi connectivity index (χ2n) is 18.0. The Labute approximate surface area is 393 Å². The molecule has 0 aromatic heterocycles. The van der Waals surface area contributed by atoms with E-state index in [1.165, 1.54) is 70.6 Å². The van der Waals surface area contributed by atoms with Gasteiger partial charge in [-0.15, -0.1) is 0 Å². The topological polar surface area (TPSA) is 102 Å². The first-order valence-electron chi connectivity index (χ1n) is 25.6. The summed E-state index contributed by atoms with van der Waals surface area (Å²) in [5, 5.41) is 11.7. The van der Waals surface area contributed by atoms with Crippen LogP contribution in [-0.4, -0.2) is 75.5 Å². The molecule has 2 unspecified atom stereocenters. The van der Waals surface area contributed by atoms with Crippen LogP contribution in [0.3, 0.4) is 0 Å². The van der Waals surface area contributed by atoms with E-state index in [1.54, 1.807) is 21.1 Å². The van der Waals surface area contributed by atoms with Gasteiger partial charge in [0, 0.05) is 19.3 Å². The van der Waals surface area contributed by atoms with E-state index in [0.717, 1.165) is 96.3 Å². The zero-order chi connectivity index (χ0) is 47.0. The predicted molar refractivity (Wildman–Crippen MR) is 268 cm³/mol. The first-order chi connectivity index (χ1) is 31.1. The van der Waals surface area contributed by atoms with Crippen LogP contribution >= 0.6 is 0 Å². The van der Waals surface area contributed by atoms with Crippen molar-refractivity contribution < 1.29 is 38.2 Å². The van der Waals surface area contributed by atoms with Crippen molar-refractivity contribution in [3.8, 4) is 0 Å². The van der Waals surface area contributed by atoms with Gasteiger partial charge in [0.05, 0.1) is 40.3 Å². The fourth-order valence-corrected chi connectivity index (χ4v) is 7.14. The third-order valence-electron chi connectivity index (χ3n) is 11.0. The molecule has 0 rings (SSSR count). The van der Waals surface area contributed by atoms with E-state index in [1.807, 2.05) is 0 Å². The minimum atomic E-state index is -1.13. The first-order valence-corrected chi connectivity index (χ1v) is 25.6. The smallest absolute Gasteiger partial charge is 0.306 e. The van der Waals surface area contributed by atoms with E-state index in [4.69, 9.17) is 14.2 Å². The summed E-state index contributed by atoms with van der Waals surface area (Å²) in [6.07, 6.45) is 60.4. The van der Waals surface area contributed by atoms with Crippen LogP contribution in [0.25, 0.3) is 0 Å². The molecule has 0 N–H and O–H groups in total. The van der Waals surface area contributed by atoms with Gasteiger partial charge in [0.1, 0.15) is 12.6 Å². The van der Waals surface area contributed by atoms with Crippen LogP contribution in [0.1, 0.15) is 200 Å². The second kappa shape index (κ2) is 46.1. The van der Waals surface area contributed by atoms with Gasteiger partial charge in [-0.05, 0) is 83.5 Å². The highest BCUT2D eigenvalue weighted by Gasteiger charge is 2.25. The number of ether oxygens (including phenoxy) is 3. The molecule has 2 atom stereocenters. The molecule has 0 saturated carbocycles. The lowest BCUT2D eigenvalue weighted by Gasteiger charge is -2.34. The molecule has 0 aliphatic rings. The van der Waals surface area contributed by atoms with Gasteiger partial charge in [0.2, 0.25) is 0 Å². The molecule has 0 aromatic carbocycles. The lowest BCUT2D eigenvalue weighted by atomic mass is 10.1. The molecule has 0 heterocycles. The molecule has 0 amide bonds. The Morgan fingerprint density at radius 1 is 0.469 bits per heavy atom. The van der Waals surface area contributed by atoms with Crippen molar-refractivity contribution in [2.24, 2.45) is 0 Å². The largest absolute Gasteiger partial charge is 0.544 e. The first kappa shape index (κ1) is 60.5. The van der Waals surface area contributed by atoms with Crippen molar-refractivity contribution in [3.63, 3.8) is 0 Å². The molecule has 0 fully saturated rings. The van der Waals surface area contributed by atoms with Crippen molar-refractivity contribution in [2.75, 3.05) is 41.0 Å². The number of hydrogen-bond donors (Lipinski definition) is 0. The molecule has 0 saturated heterocycles. The maximum Gasteiger partial charge on any atom is 0.306 e. The van der Waals surface area contributed by atoms with E-state index < -0.39 is 18.1 Å². The lowest BCUT2D eigenvalue weighted by molar-refractivity contribution is -0.889. The highest BCUT2D eigenvalue weighted by molar-refractivity contribution is 5.70. The van der Waals surface area contributed by atoms with Gasteiger partial charge in [-0.2, -0.15) is 0 Å². The fourth-order valence-electron chi connectivity index (χ4n) is 7.14. The Bertz CT molecular complexity index is 1320. The summed E-state index contributed by atoms with van der Waals surface area (Å²) in [6.45, 7) is 4.43. The van der Waals surface area contributed by atoms with Crippen LogP contribution in [0.2, 0.25) is 0 Å². The molecule has 64 heavy (non-hydrogen) atoms. The van der Waals surface area contributed by atoms with Gasteiger partial charge >= 0.3 is 11.9 Å². The Kier molecular flexibility index (Phi) is 43.5. The van der Waals surface area contributed by atoms with Crippen LogP contribution in [0.4, 0.5) is 0 Å². The molecule has 0 bridgehead atoms. The number of carboxylic acid groups (broad SMARTS) is 1. The molecule has 0 aliphatic carbocycles. The van der Waals surface area contributed by atoms with Gasteiger partial charge in [-0.3, -0.25) is 9.59 Å². The fraction of sp³-hybridized carbons (Fsp3) is 0.696. The molecule has 8 nitrogen and oxygen atoms in total. The van der Waals surface area contributed by atoms with Crippen LogP contribution in [-0.2, 0) is 28.6 Å². The SMILES string of the molecule is CC/C=C/C/C=C/C/C=C/C/C=C/CCCCCCCCCC(=O)OC(COCCC(C(=O)[O-])[N+](C)(C)C)COC(=O)CCCCCCCCCCCC/C=C/C/C=C/C/C=C/CC. The molecule has 0 aromatic rings. The Hall–Kier alpha value is -3.49. The molecular weight excluding hydrogens is 799 g/mol. The predicted octanol–water partition coefficient (Wildman–Crippen LogP) is 13.5. The van der Waals surface area contributed by atoms with Gasteiger partial charge in [-0.25, -0.2) is 0 Å². The van der Waals surface area contributed by atoms with Gasteiger partial charge < -0.3 is 28.6 Å². The molecule has 0 spiro atoms. The number of quaternary nitrogens is 1. The molecule has 8 heteroatoms. The van der Waals surface area contributed by atoms with Crippen LogP contribution in [0.15, 0.2) is 85.1 Å². The van der Waals surface area contributed by atoms with E-state index >= 15 is 0 Å². The number of nitrogens with zero attached hydrogens (tertiary/aromatic N) is 1. The summed E-state index contributed by atoms with van der Waals surface area (Å²) in [6, 6.07) is -0.733. The lowest BCUT2D eigenvalue weighted by Crippen LogP contribution is -2.55. The number of carbonyl (C=O) groups is 3. The molecule has 0 radical (unpaired) electrons. The monoisotopic (exact) mass is 894 g/mol. The molecule has 366 valence electrons. The Morgan fingerprint density at radius 3 is 1.22 bits per heavy atom. The van der Waals surface area contributed by atoms with E-state index in [0.29, 0.717) is 12.8 Å². The standard InChI is InChI=1S/C56H95NO7/c1-6-8-10-12-14-16-18-20-22-24-26-28-30-32-34-36-38-40-42-44-46-54(58)63-51-52(50-62-49-48-53(56(60)61)57(3,4)5)64-55(59)47-45-43-41-39-37-35-33-31-29-27-25-23-21-19-17-15-13-11-9-7-2/h8-11,14-17,20-23,27,29,52-53H,6-7,12-13,18-19,24-26,28,30-51H2,1-5H3/b10-8+,11-9+,16-14+,17-15+,22-20+,23-21+,29-27+. The van der Waals surface area contributed by atoms with Crippen molar-refractivity contribution >= 4 is 17.9 Å². The number of aliphatic carboxylic acids is 1. The summed E-state index contributed by atoms with van der Waals surface area (Å²) in [7, 11) is 5.41. The summed E-state index contributed by atoms with van der Waals surface area (Å²) >= 11 is 0. The Balaban J connectivity index is 4.28. The quantitative estimate of drug-likeness (QED) is 0.0260. The number of hydrogen-bond acceptors (Lipinski definition) is 7. The highest BCUT2D eigenvalue weighted by atomic mass is 16.6. The number of rotatable bonds is 45. The van der Waals surface area contributed by atoms with Crippen LogP contribution in [0.5, 0.6) is 0 Å². The number of allylic oxidation sites excluding steroid dienone is 14. The molecular formula is C56H95NO7. The number of carboxylic acids is 1. The van der Waals surface area contributed by atoms with Crippen molar-refractivity contribution in [3.05, 3.63) is 85.1 Å². The minimum Gasteiger partial charge on any atom is -0.544 e. The zero-order valence-electron chi connectivity index (χ0n) is 41.7. The maximum atomic E-state index is 12.8. The van der Waals surface area contributed by atoms with Crippen molar-refractivity contribution in [1.29, 1.82) is 0 Å². The summed E-state index contributed by atoms with van der Waals surface area (Å²) < 4.78 is 17.2. The number of unbranched alkanes of at least 4 members (excludes halogenated alkanes) is 17. The third-order valence-corrected chi connectivity index (χ3v) is 11.0. The Morgan fingerprint density at radius 2 is 0.828 bits per heavy atom. The number of likely N-dealkylation sites (N-methyl/N-ethyl adjacent to an activating group) is 1. The number of esters is 2. The third kappa shape index (κ3) is 43.7. The van der Waals surface area contributed by atoms with Gasteiger partial charge in [0.15, 0.2) is 6.10 Å². The van der Waals surface area contributed by atoms with E-state index in [9.17, 15) is 19.5 Å². The second-order valence-corrected chi connectivity index (χ2v) is 18.0. The van der Waals surface area contributed by atoms with E-state index in [2.05, 4.69) is 98.9 Å². The molecule has 0 aliphatic heterocycles. The van der Waals surface area contributed by atoms with Gasteiger partial charge in [0.25, 0.3) is 0 Å². The minimum absolute atomic E-state index is 0.0311. The summed E-state index contributed by atoms with van der Waals surface area (Å²) in [4.78, 5) is 37.1. The van der Waals surface area contributed by atoms with Crippen LogP contribution < -0.4 is 5.11 Å². The highest BCUT2D eigenvalue weighted by Crippen LogP contribution is 2.15. The summed E-state index contributed by atoms with van der Waals surface area (Å²) in [5.41, 5.74) is 0. The number of carbonyl (C=O) groups excluding carboxylic acids is 3. The average molecular weight is 894 g/mol. The zero-order valence-corrected chi connectivity index (χ0v) is 41.7. The van der Waals surface area contributed by atoms with E-state index in [-0.39, 0.29) is 42.7 Å². The summed E-state index contributed by atoms with van der Waals surface area (Å²) in [5.74, 6) is -1.76. The normalized spacial score (nSPS) is 13.6. The maximum absolute atomic E-state index is 12.8.